The van der Waals surface area contributed by atoms with E-state index in [9.17, 15) is 0 Å². The van der Waals surface area contributed by atoms with Crippen molar-refractivity contribution < 1.29 is 4.74 Å². The third-order valence-electron chi connectivity index (χ3n) is 3.99. The largest absolute Gasteiger partial charge is 0.467 e. The standard InChI is InChI=1S/C13H19N5O/c1-8-3-5-9(6-4-8)18-7-15-10-11(14)16-13(19-2)17-12(10)18/h7-9H,3-6H2,1-2H3,(H2,14,16,17). The Morgan fingerprint density at radius 2 is 2.00 bits per heavy atom. The molecule has 0 saturated heterocycles. The highest BCUT2D eigenvalue weighted by molar-refractivity contribution is 5.82. The van der Waals surface area contributed by atoms with E-state index in [1.165, 1.54) is 25.7 Å². The Hall–Kier alpha value is -1.85. The summed E-state index contributed by atoms with van der Waals surface area (Å²) in [4.78, 5) is 12.8. The van der Waals surface area contributed by atoms with E-state index in [0.29, 0.717) is 23.4 Å². The molecule has 0 aliphatic heterocycles. The molecule has 0 amide bonds. The number of nitrogens with zero attached hydrogens (tertiary/aromatic N) is 4. The minimum absolute atomic E-state index is 0.302. The van der Waals surface area contributed by atoms with Crippen LogP contribution in [0, 0.1) is 5.92 Å². The van der Waals surface area contributed by atoms with Crippen molar-refractivity contribution in [3.8, 4) is 6.01 Å². The maximum absolute atomic E-state index is 5.89. The number of nitrogen functional groups attached to an aromatic ring is 1. The van der Waals surface area contributed by atoms with E-state index in [1.807, 2.05) is 6.33 Å². The molecule has 1 saturated carbocycles. The highest BCUT2D eigenvalue weighted by Gasteiger charge is 2.22. The molecule has 2 heterocycles. The summed E-state index contributed by atoms with van der Waals surface area (Å²) >= 11 is 0. The van der Waals surface area contributed by atoms with E-state index < -0.39 is 0 Å². The van der Waals surface area contributed by atoms with Crippen LogP contribution in [0.2, 0.25) is 0 Å². The lowest BCUT2D eigenvalue weighted by molar-refractivity contribution is 0.292. The first-order valence-electron chi connectivity index (χ1n) is 6.73. The van der Waals surface area contributed by atoms with Gasteiger partial charge in [-0.25, -0.2) is 4.98 Å². The molecule has 0 atom stereocenters. The van der Waals surface area contributed by atoms with Crippen LogP contribution < -0.4 is 10.5 Å². The Labute approximate surface area is 112 Å². The number of aromatic nitrogens is 4. The molecule has 19 heavy (non-hydrogen) atoms. The number of ether oxygens (including phenoxy) is 1. The van der Waals surface area contributed by atoms with Crippen LogP contribution >= 0.6 is 0 Å². The van der Waals surface area contributed by atoms with Gasteiger partial charge in [0, 0.05) is 6.04 Å². The molecule has 102 valence electrons. The second-order valence-corrected chi connectivity index (χ2v) is 5.33. The fraction of sp³-hybridized carbons (Fsp3) is 0.615. The van der Waals surface area contributed by atoms with Gasteiger partial charge in [0.05, 0.1) is 13.4 Å². The van der Waals surface area contributed by atoms with Gasteiger partial charge in [0.15, 0.2) is 17.0 Å². The van der Waals surface area contributed by atoms with Crippen LogP contribution in [0.1, 0.15) is 38.6 Å². The van der Waals surface area contributed by atoms with Crippen molar-refractivity contribution in [2.75, 3.05) is 12.8 Å². The molecule has 2 aromatic rings. The third-order valence-corrected chi connectivity index (χ3v) is 3.99. The zero-order valence-corrected chi connectivity index (χ0v) is 11.3. The molecule has 2 N–H and O–H groups in total. The summed E-state index contributed by atoms with van der Waals surface area (Å²) in [6.07, 6.45) is 6.66. The van der Waals surface area contributed by atoms with Crippen LogP contribution in [-0.4, -0.2) is 26.6 Å². The van der Waals surface area contributed by atoms with Crippen molar-refractivity contribution in [3.63, 3.8) is 0 Å². The molecule has 6 heteroatoms. The van der Waals surface area contributed by atoms with E-state index in [1.54, 1.807) is 7.11 Å². The number of hydrogen-bond donors (Lipinski definition) is 1. The second kappa shape index (κ2) is 4.68. The zero-order chi connectivity index (χ0) is 13.4. The Balaban J connectivity index is 2.02. The van der Waals surface area contributed by atoms with Gasteiger partial charge in [-0.3, -0.25) is 0 Å². The average Bonchev–Trinajstić information content (AvgIpc) is 2.84. The minimum Gasteiger partial charge on any atom is -0.467 e. The smallest absolute Gasteiger partial charge is 0.320 e. The summed E-state index contributed by atoms with van der Waals surface area (Å²) in [5, 5.41) is 0. The molecule has 0 aromatic carbocycles. The van der Waals surface area contributed by atoms with Crippen LogP contribution in [0.5, 0.6) is 6.01 Å². The number of hydrogen-bond acceptors (Lipinski definition) is 5. The lowest BCUT2D eigenvalue weighted by Crippen LogP contribution is -2.16. The Morgan fingerprint density at radius 1 is 1.26 bits per heavy atom. The summed E-state index contributed by atoms with van der Waals surface area (Å²) in [6, 6.07) is 0.760. The van der Waals surface area contributed by atoms with Crippen molar-refractivity contribution in [1.29, 1.82) is 0 Å². The lowest BCUT2D eigenvalue weighted by atomic mass is 9.87. The average molecular weight is 261 g/mol. The first kappa shape index (κ1) is 12.2. The summed E-state index contributed by atoms with van der Waals surface area (Å²) in [6.45, 7) is 2.31. The highest BCUT2D eigenvalue weighted by atomic mass is 16.5. The quantitative estimate of drug-likeness (QED) is 0.896. The summed E-state index contributed by atoms with van der Waals surface area (Å²) < 4.78 is 7.22. The first-order chi connectivity index (χ1) is 9.19. The molecular weight excluding hydrogens is 242 g/mol. The SMILES string of the molecule is COc1nc(N)c2ncn(C3CCC(C)CC3)c2n1. The molecule has 0 bridgehead atoms. The molecule has 1 aliphatic carbocycles. The van der Waals surface area contributed by atoms with E-state index in [2.05, 4.69) is 26.4 Å². The number of imidazole rings is 1. The number of nitrogens with two attached hydrogens (primary N) is 1. The molecule has 2 aromatic heterocycles. The monoisotopic (exact) mass is 261 g/mol. The van der Waals surface area contributed by atoms with Crippen molar-refractivity contribution in [1.82, 2.24) is 19.5 Å². The Bertz CT molecular complexity index is 586. The number of methoxy groups -OCH3 is 1. The minimum atomic E-state index is 0.302. The van der Waals surface area contributed by atoms with Gasteiger partial charge in [0.1, 0.15) is 0 Å². The van der Waals surface area contributed by atoms with Crippen LogP contribution in [0.3, 0.4) is 0 Å². The van der Waals surface area contributed by atoms with Gasteiger partial charge < -0.3 is 15.0 Å². The van der Waals surface area contributed by atoms with Gasteiger partial charge in [-0.1, -0.05) is 6.92 Å². The van der Waals surface area contributed by atoms with Gasteiger partial charge >= 0.3 is 6.01 Å². The first-order valence-corrected chi connectivity index (χ1v) is 6.73. The predicted molar refractivity (Wildman–Crippen MR) is 73.0 cm³/mol. The summed E-state index contributed by atoms with van der Waals surface area (Å²) in [7, 11) is 1.55. The Morgan fingerprint density at radius 3 is 2.68 bits per heavy atom. The second-order valence-electron chi connectivity index (χ2n) is 5.33. The highest BCUT2D eigenvalue weighted by Crippen LogP contribution is 2.34. The van der Waals surface area contributed by atoms with Gasteiger partial charge in [-0.15, -0.1) is 0 Å². The number of fused-ring (bicyclic) bond motifs is 1. The molecule has 3 rings (SSSR count). The van der Waals surface area contributed by atoms with Gasteiger partial charge in [-0.05, 0) is 31.6 Å². The van der Waals surface area contributed by atoms with Gasteiger partial charge in [-0.2, -0.15) is 9.97 Å². The van der Waals surface area contributed by atoms with Crippen LogP contribution in [0.25, 0.3) is 11.2 Å². The van der Waals surface area contributed by atoms with E-state index in [4.69, 9.17) is 10.5 Å². The van der Waals surface area contributed by atoms with E-state index in [-0.39, 0.29) is 0 Å². The van der Waals surface area contributed by atoms with Crippen LogP contribution in [0.15, 0.2) is 6.33 Å². The topological polar surface area (TPSA) is 78.9 Å². The molecule has 1 aliphatic rings. The molecule has 6 nitrogen and oxygen atoms in total. The normalized spacial score (nSPS) is 23.7. The fourth-order valence-electron chi connectivity index (χ4n) is 2.80. The maximum atomic E-state index is 5.89. The molecule has 0 radical (unpaired) electrons. The van der Waals surface area contributed by atoms with Crippen molar-refractivity contribution >= 4 is 17.0 Å². The number of rotatable bonds is 2. The molecular formula is C13H19N5O. The van der Waals surface area contributed by atoms with Crippen molar-refractivity contribution in [2.24, 2.45) is 5.92 Å². The maximum Gasteiger partial charge on any atom is 0.320 e. The summed E-state index contributed by atoms with van der Waals surface area (Å²) in [5.74, 6) is 1.20. The predicted octanol–water partition coefficient (Wildman–Crippen LogP) is 2.17. The van der Waals surface area contributed by atoms with Gasteiger partial charge in [0.25, 0.3) is 0 Å². The van der Waals surface area contributed by atoms with Crippen LogP contribution in [-0.2, 0) is 0 Å². The zero-order valence-electron chi connectivity index (χ0n) is 11.3. The lowest BCUT2D eigenvalue weighted by Gasteiger charge is -2.27. The third kappa shape index (κ3) is 2.11. The fourth-order valence-corrected chi connectivity index (χ4v) is 2.80. The van der Waals surface area contributed by atoms with Crippen molar-refractivity contribution in [2.45, 2.75) is 38.6 Å². The van der Waals surface area contributed by atoms with E-state index >= 15 is 0 Å². The number of anilines is 1. The van der Waals surface area contributed by atoms with Gasteiger partial charge in [0.2, 0.25) is 0 Å². The molecule has 0 spiro atoms. The molecule has 0 unspecified atom stereocenters. The van der Waals surface area contributed by atoms with Crippen molar-refractivity contribution in [3.05, 3.63) is 6.33 Å². The van der Waals surface area contributed by atoms with E-state index in [0.717, 1.165) is 11.6 Å². The Kier molecular flexibility index (Phi) is 3.00. The summed E-state index contributed by atoms with van der Waals surface area (Å²) in [5.41, 5.74) is 7.34. The molecule has 1 fully saturated rings. The van der Waals surface area contributed by atoms with Crippen LogP contribution in [0.4, 0.5) is 5.82 Å².